The molecular formula is C16H22FN3. The summed E-state index contributed by atoms with van der Waals surface area (Å²) < 4.78 is 13.5. The summed E-state index contributed by atoms with van der Waals surface area (Å²) in [5, 5.41) is 12.4. The van der Waals surface area contributed by atoms with E-state index in [1.54, 1.807) is 6.07 Å². The van der Waals surface area contributed by atoms with E-state index in [-0.39, 0.29) is 5.82 Å². The molecule has 0 aromatic heterocycles. The van der Waals surface area contributed by atoms with Crippen LogP contribution in [0.1, 0.15) is 37.3 Å². The fraction of sp³-hybridized carbons (Fsp3) is 0.562. The van der Waals surface area contributed by atoms with Crippen LogP contribution < -0.4 is 5.32 Å². The van der Waals surface area contributed by atoms with Crippen LogP contribution in [-0.2, 0) is 6.54 Å². The molecule has 0 saturated carbocycles. The number of rotatable bonds is 6. The highest BCUT2D eigenvalue weighted by Crippen LogP contribution is 2.14. The molecule has 1 aliphatic rings. The third kappa shape index (κ3) is 4.29. The zero-order valence-corrected chi connectivity index (χ0v) is 12.0. The Hall–Kier alpha value is -1.44. The lowest BCUT2D eigenvalue weighted by Gasteiger charge is -2.25. The number of halogens is 1. The number of nitriles is 1. The Morgan fingerprint density at radius 3 is 2.95 bits per heavy atom. The smallest absolute Gasteiger partial charge is 0.124 e. The van der Waals surface area contributed by atoms with E-state index < -0.39 is 0 Å². The minimum Gasteiger partial charge on any atom is -0.313 e. The van der Waals surface area contributed by atoms with Gasteiger partial charge in [-0.25, -0.2) is 4.39 Å². The molecule has 0 bridgehead atoms. The van der Waals surface area contributed by atoms with Gasteiger partial charge < -0.3 is 5.32 Å². The number of nitrogens with one attached hydrogen (secondary N) is 1. The molecule has 1 aromatic rings. The maximum Gasteiger partial charge on any atom is 0.124 e. The van der Waals surface area contributed by atoms with E-state index in [9.17, 15) is 4.39 Å². The maximum absolute atomic E-state index is 13.5. The first-order chi connectivity index (χ1) is 9.71. The normalized spacial score (nSPS) is 18.4. The average molecular weight is 275 g/mol. The van der Waals surface area contributed by atoms with E-state index in [1.165, 1.54) is 25.0 Å². The molecule has 20 heavy (non-hydrogen) atoms. The average Bonchev–Trinajstić information content (AvgIpc) is 2.91. The van der Waals surface area contributed by atoms with Crippen LogP contribution in [0.15, 0.2) is 18.2 Å². The first-order valence-corrected chi connectivity index (χ1v) is 7.36. The zero-order valence-electron chi connectivity index (χ0n) is 12.0. The monoisotopic (exact) mass is 275 g/mol. The second-order valence-electron chi connectivity index (χ2n) is 5.49. The topological polar surface area (TPSA) is 39.1 Å². The van der Waals surface area contributed by atoms with Crippen LogP contribution in [-0.4, -0.2) is 30.6 Å². The Morgan fingerprint density at radius 1 is 1.45 bits per heavy atom. The van der Waals surface area contributed by atoms with Crippen molar-refractivity contribution in [3.8, 4) is 6.07 Å². The summed E-state index contributed by atoms with van der Waals surface area (Å²) in [4.78, 5) is 2.35. The van der Waals surface area contributed by atoms with Crippen molar-refractivity contribution in [1.29, 1.82) is 5.26 Å². The molecule has 1 heterocycles. The molecule has 0 spiro atoms. The molecule has 0 aliphatic carbocycles. The van der Waals surface area contributed by atoms with Crippen molar-refractivity contribution in [2.75, 3.05) is 19.6 Å². The van der Waals surface area contributed by atoms with Gasteiger partial charge in [-0.05, 0) is 56.1 Å². The summed E-state index contributed by atoms with van der Waals surface area (Å²) >= 11 is 0. The van der Waals surface area contributed by atoms with Gasteiger partial charge in [-0.15, -0.1) is 0 Å². The molecule has 4 heteroatoms. The van der Waals surface area contributed by atoms with Gasteiger partial charge >= 0.3 is 0 Å². The van der Waals surface area contributed by atoms with Crippen LogP contribution in [0.4, 0.5) is 4.39 Å². The van der Waals surface area contributed by atoms with Gasteiger partial charge in [0.15, 0.2) is 0 Å². The van der Waals surface area contributed by atoms with Crippen LogP contribution in [0.25, 0.3) is 0 Å². The van der Waals surface area contributed by atoms with Crippen LogP contribution in [0.5, 0.6) is 0 Å². The molecule has 1 aromatic carbocycles. The van der Waals surface area contributed by atoms with Crippen molar-refractivity contribution in [3.63, 3.8) is 0 Å². The van der Waals surface area contributed by atoms with Gasteiger partial charge in [-0.1, -0.05) is 6.92 Å². The fourth-order valence-corrected chi connectivity index (χ4v) is 2.84. The standard InChI is InChI=1S/C16H22FN3/c1-2-6-20(12-16-4-3-5-19-16)11-14-7-13(10-18)8-15(17)9-14/h7-9,16,19H,2-6,11-12H2,1H3. The lowest BCUT2D eigenvalue weighted by atomic mass is 10.1. The van der Waals surface area contributed by atoms with Crippen molar-refractivity contribution in [2.24, 2.45) is 0 Å². The van der Waals surface area contributed by atoms with Gasteiger partial charge in [0.05, 0.1) is 11.6 Å². The summed E-state index contributed by atoms with van der Waals surface area (Å²) in [6, 6.07) is 7.17. The molecule has 1 saturated heterocycles. The first-order valence-electron chi connectivity index (χ1n) is 7.36. The van der Waals surface area contributed by atoms with Gasteiger partial charge in [0.25, 0.3) is 0 Å². The number of benzene rings is 1. The summed E-state index contributed by atoms with van der Waals surface area (Å²) in [7, 11) is 0. The van der Waals surface area contributed by atoms with Gasteiger partial charge in [0.2, 0.25) is 0 Å². The molecule has 1 fully saturated rings. The molecule has 0 amide bonds. The molecule has 2 rings (SSSR count). The molecule has 108 valence electrons. The summed E-state index contributed by atoms with van der Waals surface area (Å²) in [5.41, 5.74) is 1.28. The molecule has 1 unspecified atom stereocenters. The molecule has 1 N–H and O–H groups in total. The Kier molecular flexibility index (Phi) is 5.51. The number of hydrogen-bond acceptors (Lipinski definition) is 3. The second-order valence-corrected chi connectivity index (χ2v) is 5.49. The predicted molar refractivity (Wildman–Crippen MR) is 77.7 cm³/mol. The van der Waals surface area contributed by atoms with Gasteiger partial charge in [-0.2, -0.15) is 5.26 Å². The highest BCUT2D eigenvalue weighted by atomic mass is 19.1. The fourth-order valence-electron chi connectivity index (χ4n) is 2.84. The largest absolute Gasteiger partial charge is 0.313 e. The second kappa shape index (κ2) is 7.37. The van der Waals surface area contributed by atoms with Gasteiger partial charge in [0, 0.05) is 19.1 Å². The molecule has 0 radical (unpaired) electrons. The minimum absolute atomic E-state index is 0.325. The van der Waals surface area contributed by atoms with Crippen molar-refractivity contribution in [2.45, 2.75) is 38.8 Å². The van der Waals surface area contributed by atoms with E-state index in [1.807, 2.05) is 6.07 Å². The van der Waals surface area contributed by atoms with Crippen molar-refractivity contribution < 1.29 is 4.39 Å². The molecule has 1 atom stereocenters. The Morgan fingerprint density at radius 2 is 2.30 bits per heavy atom. The Labute approximate surface area is 120 Å². The van der Waals surface area contributed by atoms with E-state index in [2.05, 4.69) is 17.1 Å². The van der Waals surface area contributed by atoms with Crippen molar-refractivity contribution in [3.05, 3.63) is 35.1 Å². The molecule has 3 nitrogen and oxygen atoms in total. The van der Waals surface area contributed by atoms with E-state index in [4.69, 9.17) is 5.26 Å². The van der Waals surface area contributed by atoms with Gasteiger partial charge in [0.1, 0.15) is 5.82 Å². The van der Waals surface area contributed by atoms with Crippen molar-refractivity contribution in [1.82, 2.24) is 10.2 Å². The lowest BCUT2D eigenvalue weighted by molar-refractivity contribution is 0.241. The van der Waals surface area contributed by atoms with Gasteiger partial charge in [-0.3, -0.25) is 4.90 Å². The Balaban J connectivity index is 2.03. The van der Waals surface area contributed by atoms with E-state index >= 15 is 0 Å². The predicted octanol–water partition coefficient (Wildman–Crippen LogP) is 2.66. The Bertz CT molecular complexity index is 475. The van der Waals surface area contributed by atoms with Crippen LogP contribution in [0, 0.1) is 17.1 Å². The number of nitrogens with zero attached hydrogens (tertiary/aromatic N) is 2. The van der Waals surface area contributed by atoms with Crippen molar-refractivity contribution >= 4 is 0 Å². The zero-order chi connectivity index (χ0) is 14.4. The first kappa shape index (κ1) is 15.0. The summed E-state index contributed by atoms with van der Waals surface area (Å²) in [6.07, 6.45) is 3.53. The lowest BCUT2D eigenvalue weighted by Crippen LogP contribution is -2.37. The highest BCUT2D eigenvalue weighted by molar-refractivity contribution is 5.33. The quantitative estimate of drug-likeness (QED) is 0.867. The molecule has 1 aliphatic heterocycles. The summed E-state index contributed by atoms with van der Waals surface area (Å²) in [6.45, 7) is 5.95. The highest BCUT2D eigenvalue weighted by Gasteiger charge is 2.17. The number of hydrogen-bond donors (Lipinski definition) is 1. The van der Waals surface area contributed by atoms with E-state index in [0.717, 1.165) is 31.6 Å². The minimum atomic E-state index is -0.325. The third-order valence-electron chi connectivity index (χ3n) is 3.67. The third-order valence-corrected chi connectivity index (χ3v) is 3.67. The van der Waals surface area contributed by atoms with Crippen LogP contribution in [0.2, 0.25) is 0 Å². The van der Waals surface area contributed by atoms with Crippen LogP contribution in [0.3, 0.4) is 0 Å². The van der Waals surface area contributed by atoms with Crippen LogP contribution >= 0.6 is 0 Å². The van der Waals surface area contributed by atoms with E-state index in [0.29, 0.717) is 18.2 Å². The maximum atomic E-state index is 13.5. The summed E-state index contributed by atoms with van der Waals surface area (Å²) in [5.74, 6) is -0.325. The molecular weight excluding hydrogens is 253 g/mol. The SMILES string of the molecule is CCCN(Cc1cc(F)cc(C#N)c1)CC1CCCN1.